The number of carbonyl (C=O) groups is 2. The van der Waals surface area contributed by atoms with Gasteiger partial charge in [0, 0.05) is 50.2 Å². The largest absolute Gasteiger partial charge is 0.491 e. The van der Waals surface area contributed by atoms with E-state index in [2.05, 4.69) is 0 Å². The fourth-order valence-electron chi connectivity index (χ4n) is 4.41. The molecule has 2 amide bonds. The van der Waals surface area contributed by atoms with E-state index >= 15 is 0 Å². The van der Waals surface area contributed by atoms with Crippen molar-refractivity contribution in [2.24, 2.45) is 0 Å². The third kappa shape index (κ3) is 4.74. The molecule has 3 heterocycles. The Morgan fingerprint density at radius 1 is 1.25 bits per heavy atom. The van der Waals surface area contributed by atoms with Gasteiger partial charge in [0.25, 0.3) is 0 Å². The highest BCUT2D eigenvalue weighted by Crippen LogP contribution is 2.31. The van der Waals surface area contributed by atoms with Gasteiger partial charge in [0.1, 0.15) is 11.6 Å². The second-order valence-electron chi connectivity index (χ2n) is 8.48. The SMILES string of the molecule is Cc1nc([C@@H]2CCCN(C(=O)CCCOc3ccccc3F)C2)nc2c1CCC(=O)N2C. The molecule has 0 spiro atoms. The van der Waals surface area contributed by atoms with Crippen LogP contribution in [0, 0.1) is 12.7 Å². The highest BCUT2D eigenvalue weighted by molar-refractivity contribution is 5.94. The van der Waals surface area contributed by atoms with Crippen LogP contribution in [0.3, 0.4) is 0 Å². The van der Waals surface area contributed by atoms with Gasteiger partial charge >= 0.3 is 0 Å². The molecule has 0 saturated carbocycles. The average molecular weight is 441 g/mol. The normalized spacial score (nSPS) is 18.5. The number of piperidine rings is 1. The zero-order valence-electron chi connectivity index (χ0n) is 18.6. The van der Waals surface area contributed by atoms with E-state index in [9.17, 15) is 14.0 Å². The number of rotatable bonds is 6. The van der Waals surface area contributed by atoms with Crippen LogP contribution in [0.2, 0.25) is 0 Å². The standard InChI is InChI=1S/C24H29FN4O3/c1-16-18-11-12-21(30)28(2)24(18)27-23(26-16)17-7-5-13-29(15-17)22(31)10-6-14-32-20-9-4-3-8-19(20)25/h3-4,8-9,17H,5-7,10-15H2,1-2H3/t17-/m1/s1. The van der Waals surface area contributed by atoms with E-state index < -0.39 is 5.82 Å². The summed E-state index contributed by atoms with van der Waals surface area (Å²) in [4.78, 5) is 37.8. The van der Waals surface area contributed by atoms with E-state index in [1.165, 1.54) is 6.07 Å². The fraction of sp³-hybridized carbons (Fsp3) is 0.500. The molecule has 2 aromatic rings. The van der Waals surface area contributed by atoms with Crippen molar-refractivity contribution in [2.45, 2.75) is 51.4 Å². The molecule has 8 heteroatoms. The molecule has 32 heavy (non-hydrogen) atoms. The number of fused-ring (bicyclic) bond motifs is 1. The molecule has 4 rings (SSSR count). The Bertz CT molecular complexity index is 1010. The zero-order chi connectivity index (χ0) is 22.7. The predicted octanol–water partition coefficient (Wildman–Crippen LogP) is 3.40. The summed E-state index contributed by atoms with van der Waals surface area (Å²) in [6, 6.07) is 6.27. The maximum absolute atomic E-state index is 13.6. The topological polar surface area (TPSA) is 75.6 Å². The summed E-state index contributed by atoms with van der Waals surface area (Å²) in [7, 11) is 1.76. The van der Waals surface area contributed by atoms with Gasteiger partial charge in [-0.1, -0.05) is 12.1 Å². The van der Waals surface area contributed by atoms with Crippen molar-refractivity contribution in [3.8, 4) is 5.75 Å². The molecular formula is C24H29FN4O3. The summed E-state index contributed by atoms with van der Waals surface area (Å²) < 4.78 is 19.1. The van der Waals surface area contributed by atoms with Gasteiger partial charge in [-0.05, 0) is 44.7 Å². The third-order valence-corrected chi connectivity index (χ3v) is 6.26. The molecule has 0 N–H and O–H groups in total. The molecule has 0 bridgehead atoms. The molecule has 0 unspecified atom stereocenters. The second-order valence-corrected chi connectivity index (χ2v) is 8.48. The number of amides is 2. The first-order chi connectivity index (χ1) is 15.4. The summed E-state index contributed by atoms with van der Waals surface area (Å²) in [6.45, 7) is 3.54. The van der Waals surface area contributed by atoms with E-state index in [0.717, 1.165) is 24.1 Å². The second kappa shape index (κ2) is 9.63. The van der Waals surface area contributed by atoms with E-state index in [1.807, 2.05) is 11.8 Å². The Balaban J connectivity index is 1.35. The first-order valence-corrected chi connectivity index (χ1v) is 11.2. The Morgan fingerprint density at radius 2 is 2.06 bits per heavy atom. The molecule has 1 aromatic carbocycles. The van der Waals surface area contributed by atoms with Crippen LogP contribution in [0.5, 0.6) is 5.75 Å². The van der Waals surface area contributed by atoms with E-state index in [-0.39, 0.29) is 30.1 Å². The molecule has 2 aliphatic rings. The summed E-state index contributed by atoms with van der Waals surface area (Å²) >= 11 is 0. The predicted molar refractivity (Wildman–Crippen MR) is 118 cm³/mol. The number of para-hydroxylation sites is 1. The Labute approximate surface area is 187 Å². The Hall–Kier alpha value is -3.03. The number of anilines is 1. The average Bonchev–Trinajstić information content (AvgIpc) is 2.80. The minimum Gasteiger partial charge on any atom is -0.491 e. The highest BCUT2D eigenvalue weighted by atomic mass is 19.1. The minimum atomic E-state index is -0.398. The van der Waals surface area contributed by atoms with Crippen LogP contribution in [-0.2, 0) is 16.0 Å². The van der Waals surface area contributed by atoms with Crippen LogP contribution < -0.4 is 9.64 Å². The number of likely N-dealkylation sites (tertiary alicyclic amines) is 1. The molecule has 170 valence electrons. The number of hydrogen-bond donors (Lipinski definition) is 0. The lowest BCUT2D eigenvalue weighted by molar-refractivity contribution is -0.132. The summed E-state index contributed by atoms with van der Waals surface area (Å²) in [5.41, 5.74) is 1.95. The van der Waals surface area contributed by atoms with Gasteiger partial charge < -0.3 is 9.64 Å². The first-order valence-electron chi connectivity index (χ1n) is 11.2. The van der Waals surface area contributed by atoms with Gasteiger partial charge in [-0.15, -0.1) is 0 Å². The number of aryl methyl sites for hydroxylation is 1. The zero-order valence-corrected chi connectivity index (χ0v) is 18.6. The van der Waals surface area contributed by atoms with Gasteiger partial charge in [-0.2, -0.15) is 0 Å². The molecule has 0 radical (unpaired) electrons. The van der Waals surface area contributed by atoms with Crippen LogP contribution in [0.15, 0.2) is 24.3 Å². The maximum atomic E-state index is 13.6. The van der Waals surface area contributed by atoms with Crippen molar-refractivity contribution in [3.05, 3.63) is 47.2 Å². The quantitative estimate of drug-likeness (QED) is 0.644. The van der Waals surface area contributed by atoms with Gasteiger partial charge in [-0.25, -0.2) is 14.4 Å². The lowest BCUT2D eigenvalue weighted by Crippen LogP contribution is -2.40. The van der Waals surface area contributed by atoms with Crippen molar-refractivity contribution in [1.82, 2.24) is 14.9 Å². The Kier molecular flexibility index (Phi) is 6.67. The number of benzene rings is 1. The smallest absolute Gasteiger partial charge is 0.228 e. The molecule has 0 aliphatic carbocycles. The first kappa shape index (κ1) is 22.2. The van der Waals surface area contributed by atoms with Crippen molar-refractivity contribution in [1.29, 1.82) is 0 Å². The van der Waals surface area contributed by atoms with Crippen molar-refractivity contribution >= 4 is 17.6 Å². The highest BCUT2D eigenvalue weighted by Gasteiger charge is 2.30. The molecular weight excluding hydrogens is 411 g/mol. The summed E-state index contributed by atoms with van der Waals surface area (Å²) in [6.07, 6.45) is 3.83. The molecule has 7 nitrogen and oxygen atoms in total. The molecule has 1 fully saturated rings. The van der Waals surface area contributed by atoms with Crippen molar-refractivity contribution in [2.75, 3.05) is 31.6 Å². The molecule has 1 aromatic heterocycles. The molecule has 2 aliphatic heterocycles. The summed E-state index contributed by atoms with van der Waals surface area (Å²) in [5, 5.41) is 0. The van der Waals surface area contributed by atoms with Crippen LogP contribution in [0.1, 0.15) is 55.1 Å². The number of aromatic nitrogens is 2. The van der Waals surface area contributed by atoms with Crippen molar-refractivity contribution < 1.29 is 18.7 Å². The number of carbonyl (C=O) groups excluding carboxylic acids is 2. The molecule has 1 saturated heterocycles. The number of ether oxygens (including phenoxy) is 1. The van der Waals surface area contributed by atoms with E-state index in [4.69, 9.17) is 14.7 Å². The van der Waals surface area contributed by atoms with Crippen LogP contribution in [0.25, 0.3) is 0 Å². The maximum Gasteiger partial charge on any atom is 0.228 e. The monoisotopic (exact) mass is 440 g/mol. The fourth-order valence-corrected chi connectivity index (χ4v) is 4.41. The van der Waals surface area contributed by atoms with E-state index in [1.54, 1.807) is 30.1 Å². The van der Waals surface area contributed by atoms with Gasteiger partial charge in [0.05, 0.1) is 6.61 Å². The van der Waals surface area contributed by atoms with Crippen LogP contribution in [-0.4, -0.2) is 53.4 Å². The number of hydrogen-bond acceptors (Lipinski definition) is 5. The van der Waals surface area contributed by atoms with Crippen LogP contribution in [0.4, 0.5) is 10.2 Å². The minimum absolute atomic E-state index is 0.0526. The van der Waals surface area contributed by atoms with E-state index in [0.29, 0.717) is 50.4 Å². The lowest BCUT2D eigenvalue weighted by atomic mass is 9.95. The lowest BCUT2D eigenvalue weighted by Gasteiger charge is -2.33. The van der Waals surface area contributed by atoms with Crippen molar-refractivity contribution in [3.63, 3.8) is 0 Å². The van der Waals surface area contributed by atoms with Gasteiger partial charge in [0.2, 0.25) is 11.8 Å². The number of halogens is 1. The summed E-state index contributed by atoms with van der Waals surface area (Å²) in [5.74, 6) is 1.41. The third-order valence-electron chi connectivity index (χ3n) is 6.26. The van der Waals surface area contributed by atoms with Gasteiger partial charge in [0.15, 0.2) is 11.6 Å². The number of nitrogens with zero attached hydrogens (tertiary/aromatic N) is 4. The Morgan fingerprint density at radius 3 is 2.88 bits per heavy atom. The molecule has 1 atom stereocenters. The van der Waals surface area contributed by atoms with Gasteiger partial charge in [-0.3, -0.25) is 14.5 Å². The van der Waals surface area contributed by atoms with Crippen LogP contribution >= 0.6 is 0 Å².